The van der Waals surface area contributed by atoms with E-state index in [0.717, 1.165) is 50.1 Å². The first kappa shape index (κ1) is 33.5. The molecule has 0 unspecified atom stereocenters. The fourth-order valence-electron chi connectivity index (χ4n) is 10.0. The first-order valence-corrected chi connectivity index (χ1v) is 20.3. The Morgan fingerprint density at radius 1 is 0.373 bits per heavy atom. The predicted octanol–water partition coefficient (Wildman–Crippen LogP) is 15.4. The van der Waals surface area contributed by atoms with Gasteiger partial charge in [0.25, 0.3) is 0 Å². The lowest BCUT2D eigenvalue weighted by Gasteiger charge is -2.34. The Morgan fingerprint density at radius 2 is 0.966 bits per heavy atom. The molecule has 0 N–H and O–H groups in total. The molecule has 2 nitrogen and oxygen atoms in total. The van der Waals surface area contributed by atoms with Crippen molar-refractivity contribution in [3.05, 3.63) is 247 Å². The number of hydrogen-bond donors (Lipinski definition) is 0. The van der Waals surface area contributed by atoms with Crippen molar-refractivity contribution in [2.24, 2.45) is 0 Å². The molecule has 0 spiro atoms. The van der Waals surface area contributed by atoms with Gasteiger partial charge in [-0.05, 0) is 97.6 Å². The van der Waals surface area contributed by atoms with Gasteiger partial charge in [0.2, 0.25) is 0 Å². The number of fused-ring (bicyclic) bond motifs is 9. The van der Waals surface area contributed by atoms with E-state index in [1.165, 1.54) is 54.9 Å². The van der Waals surface area contributed by atoms with E-state index in [2.05, 4.69) is 217 Å². The Kier molecular flexibility index (Phi) is 7.48. The second-order valence-corrected chi connectivity index (χ2v) is 15.6. The van der Waals surface area contributed by atoms with Crippen molar-refractivity contribution < 1.29 is 4.42 Å². The largest absolute Gasteiger partial charge is 0.456 e. The zero-order chi connectivity index (χ0) is 38.9. The molecule has 59 heavy (non-hydrogen) atoms. The maximum atomic E-state index is 6.18. The van der Waals surface area contributed by atoms with Crippen LogP contribution in [0.15, 0.2) is 229 Å². The summed E-state index contributed by atoms with van der Waals surface area (Å²) in [5.41, 5.74) is 14.6. The molecule has 11 aromatic rings. The van der Waals surface area contributed by atoms with E-state index >= 15 is 0 Å². The molecule has 2 heteroatoms. The van der Waals surface area contributed by atoms with Crippen LogP contribution in [-0.4, -0.2) is 0 Å². The molecule has 1 heterocycles. The molecule has 0 atom stereocenters. The highest BCUT2D eigenvalue weighted by atomic mass is 16.3. The van der Waals surface area contributed by atoms with Crippen molar-refractivity contribution in [3.63, 3.8) is 0 Å². The molecule has 1 aliphatic carbocycles. The predicted molar refractivity (Wildman–Crippen MR) is 246 cm³/mol. The molecule has 10 aromatic carbocycles. The second-order valence-electron chi connectivity index (χ2n) is 15.6. The number of benzene rings is 10. The normalized spacial score (nSPS) is 12.9. The third-order valence-electron chi connectivity index (χ3n) is 12.5. The molecule has 0 saturated carbocycles. The van der Waals surface area contributed by atoms with E-state index in [0.29, 0.717) is 0 Å². The van der Waals surface area contributed by atoms with Crippen LogP contribution in [0.4, 0.5) is 17.1 Å². The molecule has 0 radical (unpaired) electrons. The molecule has 0 bridgehead atoms. The molecular formula is C57H37NO. The molecule has 1 aromatic heterocycles. The van der Waals surface area contributed by atoms with E-state index < -0.39 is 5.41 Å². The van der Waals surface area contributed by atoms with Crippen molar-refractivity contribution in [1.29, 1.82) is 0 Å². The lowest BCUT2D eigenvalue weighted by atomic mass is 9.68. The summed E-state index contributed by atoms with van der Waals surface area (Å²) in [7, 11) is 0. The van der Waals surface area contributed by atoms with Gasteiger partial charge in [-0.2, -0.15) is 0 Å². The number of hydrogen-bond acceptors (Lipinski definition) is 2. The fourth-order valence-corrected chi connectivity index (χ4v) is 10.0. The highest BCUT2D eigenvalue weighted by Crippen LogP contribution is 2.60. The number of furan rings is 1. The maximum Gasteiger partial charge on any atom is 0.135 e. The lowest BCUT2D eigenvalue weighted by Crippen LogP contribution is -2.28. The number of anilines is 3. The van der Waals surface area contributed by atoms with Gasteiger partial charge in [-0.15, -0.1) is 0 Å². The van der Waals surface area contributed by atoms with E-state index in [9.17, 15) is 0 Å². The van der Waals surface area contributed by atoms with Gasteiger partial charge in [0, 0.05) is 27.4 Å². The lowest BCUT2D eigenvalue weighted by molar-refractivity contribution is 0.669. The summed E-state index contributed by atoms with van der Waals surface area (Å²) in [5.74, 6) is 0. The minimum atomic E-state index is -0.513. The minimum Gasteiger partial charge on any atom is -0.456 e. The average Bonchev–Trinajstić information content (AvgIpc) is 3.84. The molecule has 1 aliphatic rings. The minimum absolute atomic E-state index is 0.513. The standard InChI is InChI=1S/C57H37NO/c1-3-17-42(18-4-1)57(43-19-5-2-6-20-43)49-24-11-9-23-47(49)56-50(57)25-14-27-52(56)58(51-26-13-16-40-30-29-39-15-7-8-21-45(39)55(40)51)44-34-31-38(32-35-44)41-33-36-54-48(37-41)46-22-10-12-28-53(46)59-54/h1-37H. The van der Waals surface area contributed by atoms with Gasteiger partial charge in [-0.1, -0.05) is 182 Å². The van der Waals surface area contributed by atoms with Crippen LogP contribution < -0.4 is 4.90 Å². The average molecular weight is 752 g/mol. The quantitative estimate of drug-likeness (QED) is 0.157. The van der Waals surface area contributed by atoms with Gasteiger partial charge in [0.05, 0.1) is 16.8 Å². The summed E-state index contributed by atoms with van der Waals surface area (Å²) < 4.78 is 6.18. The fraction of sp³-hybridized carbons (Fsp3) is 0.0175. The van der Waals surface area contributed by atoms with Crippen LogP contribution in [0, 0.1) is 0 Å². The first-order chi connectivity index (χ1) is 29.3. The summed E-state index contributed by atoms with van der Waals surface area (Å²) in [5, 5.41) is 7.16. The maximum absolute atomic E-state index is 6.18. The molecule has 276 valence electrons. The number of rotatable bonds is 6. The smallest absolute Gasteiger partial charge is 0.135 e. The van der Waals surface area contributed by atoms with Gasteiger partial charge in [-0.3, -0.25) is 0 Å². The Morgan fingerprint density at radius 3 is 1.78 bits per heavy atom. The van der Waals surface area contributed by atoms with E-state index in [4.69, 9.17) is 4.42 Å². The molecule has 0 saturated heterocycles. The molecule has 0 amide bonds. The van der Waals surface area contributed by atoms with Crippen LogP contribution >= 0.6 is 0 Å². The summed E-state index contributed by atoms with van der Waals surface area (Å²) in [6, 6.07) is 82.0. The topological polar surface area (TPSA) is 16.4 Å². The van der Waals surface area contributed by atoms with Crippen molar-refractivity contribution >= 4 is 60.5 Å². The van der Waals surface area contributed by atoms with Crippen molar-refractivity contribution in [1.82, 2.24) is 0 Å². The number of nitrogens with zero attached hydrogens (tertiary/aromatic N) is 1. The van der Waals surface area contributed by atoms with Crippen LogP contribution in [0.25, 0.3) is 65.7 Å². The van der Waals surface area contributed by atoms with Crippen LogP contribution in [0.2, 0.25) is 0 Å². The zero-order valence-electron chi connectivity index (χ0n) is 32.2. The van der Waals surface area contributed by atoms with Crippen molar-refractivity contribution in [3.8, 4) is 22.3 Å². The van der Waals surface area contributed by atoms with Crippen LogP contribution in [0.3, 0.4) is 0 Å². The molecular weight excluding hydrogens is 715 g/mol. The number of para-hydroxylation sites is 1. The SMILES string of the molecule is c1ccc(C2(c3ccccc3)c3ccccc3-c3c(N(c4ccc(-c5ccc6oc7ccccc7c6c5)cc4)c4cccc5ccc6ccccc6c45)cccc32)cc1. The summed E-state index contributed by atoms with van der Waals surface area (Å²) in [6.07, 6.45) is 0. The zero-order valence-corrected chi connectivity index (χ0v) is 32.2. The summed E-state index contributed by atoms with van der Waals surface area (Å²) in [6.45, 7) is 0. The third kappa shape index (κ3) is 5.00. The van der Waals surface area contributed by atoms with Crippen molar-refractivity contribution in [2.45, 2.75) is 5.41 Å². The molecule has 12 rings (SSSR count). The van der Waals surface area contributed by atoms with Crippen LogP contribution in [0.1, 0.15) is 22.3 Å². The van der Waals surface area contributed by atoms with Gasteiger partial charge >= 0.3 is 0 Å². The Bertz CT molecular complexity index is 3340. The van der Waals surface area contributed by atoms with Gasteiger partial charge < -0.3 is 9.32 Å². The Labute approximate surface area is 342 Å². The summed E-state index contributed by atoms with van der Waals surface area (Å²) in [4.78, 5) is 2.51. The van der Waals surface area contributed by atoms with Crippen LogP contribution in [0.5, 0.6) is 0 Å². The van der Waals surface area contributed by atoms with E-state index in [-0.39, 0.29) is 0 Å². The first-order valence-electron chi connectivity index (χ1n) is 20.3. The van der Waals surface area contributed by atoms with Gasteiger partial charge in [0.15, 0.2) is 0 Å². The molecule has 0 aliphatic heterocycles. The molecule has 0 fully saturated rings. The highest BCUT2D eigenvalue weighted by molar-refractivity contribution is 6.16. The monoisotopic (exact) mass is 751 g/mol. The third-order valence-corrected chi connectivity index (χ3v) is 12.5. The van der Waals surface area contributed by atoms with Crippen molar-refractivity contribution in [2.75, 3.05) is 4.90 Å². The second kappa shape index (κ2) is 13.2. The Balaban J connectivity index is 1.13. The Hall–Kier alpha value is -7.68. The highest BCUT2D eigenvalue weighted by Gasteiger charge is 2.47. The van der Waals surface area contributed by atoms with Gasteiger partial charge in [-0.25, -0.2) is 0 Å². The van der Waals surface area contributed by atoms with E-state index in [1.54, 1.807) is 0 Å². The van der Waals surface area contributed by atoms with Crippen LogP contribution in [-0.2, 0) is 5.41 Å². The van der Waals surface area contributed by atoms with Gasteiger partial charge in [0.1, 0.15) is 11.2 Å². The van der Waals surface area contributed by atoms with E-state index in [1.807, 2.05) is 12.1 Å². The summed E-state index contributed by atoms with van der Waals surface area (Å²) >= 11 is 0.